The lowest BCUT2D eigenvalue weighted by atomic mass is 10.1. The molecule has 0 saturated heterocycles. The topological polar surface area (TPSA) is 99.0 Å². The van der Waals surface area contributed by atoms with Crippen LogP contribution >= 0.6 is 23.4 Å². The Morgan fingerprint density at radius 1 is 1.16 bits per heavy atom. The minimum atomic E-state index is -0.693. The number of aromatic nitrogens is 4. The van der Waals surface area contributed by atoms with Gasteiger partial charge in [-0.1, -0.05) is 48.9 Å². The number of hydrogen-bond donors (Lipinski definition) is 1. The lowest BCUT2D eigenvalue weighted by Gasteiger charge is -2.15. The summed E-state index contributed by atoms with van der Waals surface area (Å²) in [5.74, 6) is 0.793. The van der Waals surface area contributed by atoms with Gasteiger partial charge < -0.3 is 10.1 Å². The second kappa shape index (κ2) is 11.5. The maximum absolute atomic E-state index is 12.6. The maximum atomic E-state index is 12.6. The van der Waals surface area contributed by atoms with Gasteiger partial charge in [0.25, 0.3) is 0 Å². The summed E-state index contributed by atoms with van der Waals surface area (Å²) in [5, 5.41) is 15.4. The second-order valence-electron chi connectivity index (χ2n) is 6.61. The Kier molecular flexibility index (Phi) is 8.43. The molecule has 1 atom stereocenters. The molecule has 0 saturated carbocycles. The fraction of sp³-hybridized carbons (Fsp3) is 0.286. The van der Waals surface area contributed by atoms with Crippen molar-refractivity contribution in [1.82, 2.24) is 25.5 Å². The number of alkyl carbamates (subject to hydrolysis) is 1. The number of nitrogens with one attached hydrogen (secondary N) is 1. The van der Waals surface area contributed by atoms with E-state index in [1.807, 2.05) is 61.5 Å². The quantitative estimate of drug-likeness (QED) is 0.459. The molecule has 0 spiro atoms. The number of benzene rings is 2. The smallest absolute Gasteiger partial charge is 0.408 e. The minimum Gasteiger partial charge on any atom is -0.445 e. The number of nitrogens with zero attached hydrogens (tertiary/aromatic N) is 4. The largest absolute Gasteiger partial charge is 0.445 e. The lowest BCUT2D eigenvalue weighted by molar-refractivity contribution is -0.122. The molecule has 3 rings (SSSR count). The monoisotopic (exact) mass is 459 g/mol. The Bertz CT molecular complexity index is 998. The van der Waals surface area contributed by atoms with Gasteiger partial charge in [-0.05, 0) is 41.5 Å². The van der Waals surface area contributed by atoms with Crippen molar-refractivity contribution in [3.05, 3.63) is 71.0 Å². The van der Waals surface area contributed by atoms with E-state index in [0.29, 0.717) is 23.0 Å². The molecule has 0 bridgehead atoms. The Morgan fingerprint density at radius 2 is 1.90 bits per heavy atom. The van der Waals surface area contributed by atoms with Crippen LogP contribution in [0, 0.1) is 0 Å². The van der Waals surface area contributed by atoms with Crippen molar-refractivity contribution in [1.29, 1.82) is 0 Å². The Labute approximate surface area is 189 Å². The molecule has 1 N–H and O–H groups in total. The van der Waals surface area contributed by atoms with Gasteiger partial charge in [0, 0.05) is 9.92 Å². The molecule has 0 aliphatic carbocycles. The normalized spacial score (nSPS) is 11.7. The van der Waals surface area contributed by atoms with Crippen LogP contribution in [0.25, 0.3) is 0 Å². The minimum absolute atomic E-state index is 0.0872. The molecule has 10 heteroatoms. The van der Waals surface area contributed by atoms with E-state index in [4.69, 9.17) is 16.3 Å². The number of halogens is 1. The third-order valence-corrected chi connectivity index (χ3v) is 5.53. The van der Waals surface area contributed by atoms with Crippen LogP contribution in [0.15, 0.2) is 59.5 Å². The second-order valence-corrected chi connectivity index (χ2v) is 8.10. The highest BCUT2D eigenvalue weighted by Gasteiger charge is 2.21. The highest BCUT2D eigenvalue weighted by molar-refractivity contribution is 7.98. The van der Waals surface area contributed by atoms with E-state index in [-0.39, 0.29) is 18.9 Å². The Morgan fingerprint density at radius 3 is 2.61 bits per heavy atom. The Hall–Kier alpha value is -2.91. The van der Waals surface area contributed by atoms with Crippen LogP contribution in [0.2, 0.25) is 5.02 Å². The standard InChI is InChI=1S/C21H22ClN5O3S/c1-2-18(23-21(29)30-13-15-6-4-3-5-7-15)19(28)12-27-25-20(24-26-27)14-31-17-10-8-16(22)9-11-17/h3-11,18H,2,12-14H2,1H3,(H,23,29). The third-order valence-electron chi connectivity index (χ3n) is 4.27. The number of amides is 1. The molecule has 1 amide bonds. The number of ether oxygens (including phenoxy) is 1. The molecule has 1 heterocycles. The van der Waals surface area contributed by atoms with Gasteiger partial charge in [-0.15, -0.1) is 22.0 Å². The van der Waals surface area contributed by atoms with Crippen molar-refractivity contribution < 1.29 is 14.3 Å². The number of tetrazole rings is 1. The summed E-state index contributed by atoms with van der Waals surface area (Å²) in [6, 6.07) is 16.1. The molecule has 0 radical (unpaired) electrons. The first kappa shape index (κ1) is 22.8. The number of rotatable bonds is 10. The average Bonchev–Trinajstić information content (AvgIpc) is 3.23. The number of hydrogen-bond acceptors (Lipinski definition) is 7. The van der Waals surface area contributed by atoms with E-state index in [1.165, 1.54) is 4.80 Å². The van der Waals surface area contributed by atoms with Crippen molar-refractivity contribution in [2.45, 2.75) is 43.2 Å². The SMILES string of the molecule is CCC(NC(=O)OCc1ccccc1)C(=O)Cn1nnc(CSc2ccc(Cl)cc2)n1. The molecule has 0 aliphatic heterocycles. The van der Waals surface area contributed by atoms with Crippen molar-refractivity contribution in [2.75, 3.05) is 0 Å². The van der Waals surface area contributed by atoms with Gasteiger partial charge in [0.1, 0.15) is 13.2 Å². The lowest BCUT2D eigenvalue weighted by Crippen LogP contribution is -2.42. The molecule has 2 aromatic carbocycles. The molecule has 162 valence electrons. The predicted octanol–water partition coefficient (Wildman–Crippen LogP) is 3.89. The molecular weight excluding hydrogens is 438 g/mol. The van der Waals surface area contributed by atoms with Gasteiger partial charge >= 0.3 is 6.09 Å². The third kappa shape index (κ3) is 7.37. The van der Waals surface area contributed by atoms with Crippen LogP contribution in [0.1, 0.15) is 24.7 Å². The van der Waals surface area contributed by atoms with E-state index in [1.54, 1.807) is 11.8 Å². The van der Waals surface area contributed by atoms with E-state index < -0.39 is 12.1 Å². The van der Waals surface area contributed by atoms with E-state index in [2.05, 4.69) is 20.7 Å². The zero-order chi connectivity index (χ0) is 22.1. The molecule has 0 fully saturated rings. The van der Waals surface area contributed by atoms with Crippen LogP contribution in [0.5, 0.6) is 0 Å². The molecule has 31 heavy (non-hydrogen) atoms. The predicted molar refractivity (Wildman–Crippen MR) is 118 cm³/mol. The van der Waals surface area contributed by atoms with Crippen molar-refractivity contribution in [2.24, 2.45) is 0 Å². The number of carbonyl (C=O) groups is 2. The first-order chi connectivity index (χ1) is 15.0. The maximum Gasteiger partial charge on any atom is 0.408 e. The van der Waals surface area contributed by atoms with Gasteiger partial charge in [-0.2, -0.15) is 4.80 Å². The number of carbonyl (C=O) groups excluding carboxylic acids is 2. The zero-order valence-corrected chi connectivity index (χ0v) is 18.5. The molecule has 1 unspecified atom stereocenters. The van der Waals surface area contributed by atoms with E-state index >= 15 is 0 Å². The van der Waals surface area contributed by atoms with Crippen LogP contribution in [0.4, 0.5) is 4.79 Å². The summed E-state index contributed by atoms with van der Waals surface area (Å²) < 4.78 is 5.18. The van der Waals surface area contributed by atoms with Crippen molar-refractivity contribution >= 4 is 35.2 Å². The Balaban J connectivity index is 1.46. The summed E-state index contributed by atoms with van der Waals surface area (Å²) in [4.78, 5) is 26.9. The fourth-order valence-electron chi connectivity index (χ4n) is 2.65. The van der Waals surface area contributed by atoms with Crippen molar-refractivity contribution in [3.63, 3.8) is 0 Å². The highest BCUT2D eigenvalue weighted by Crippen LogP contribution is 2.22. The average molecular weight is 460 g/mol. The summed E-state index contributed by atoms with van der Waals surface area (Å²) in [7, 11) is 0. The van der Waals surface area contributed by atoms with E-state index in [0.717, 1.165) is 10.5 Å². The number of ketones is 1. The summed E-state index contributed by atoms with van der Waals surface area (Å²) in [6.07, 6.45) is -0.219. The van der Waals surface area contributed by atoms with Crippen LogP contribution in [0.3, 0.4) is 0 Å². The molecular formula is C21H22ClN5O3S. The first-order valence-corrected chi connectivity index (χ1v) is 11.0. The van der Waals surface area contributed by atoms with Crippen molar-refractivity contribution in [3.8, 4) is 0 Å². The molecule has 3 aromatic rings. The highest BCUT2D eigenvalue weighted by atomic mass is 35.5. The molecule has 1 aromatic heterocycles. The summed E-state index contributed by atoms with van der Waals surface area (Å²) in [5.41, 5.74) is 0.868. The molecule has 0 aliphatic rings. The fourth-order valence-corrected chi connectivity index (χ4v) is 3.51. The van der Waals surface area contributed by atoms with Gasteiger partial charge in [0.2, 0.25) is 0 Å². The van der Waals surface area contributed by atoms with Gasteiger partial charge in [-0.3, -0.25) is 4.79 Å². The summed E-state index contributed by atoms with van der Waals surface area (Å²) in [6.45, 7) is 1.86. The van der Waals surface area contributed by atoms with Crippen LogP contribution < -0.4 is 5.32 Å². The number of Topliss-reactive ketones (excluding diaryl/α,β-unsaturated/α-hetero) is 1. The van der Waals surface area contributed by atoms with E-state index in [9.17, 15) is 9.59 Å². The number of thioether (sulfide) groups is 1. The summed E-state index contributed by atoms with van der Waals surface area (Å²) >= 11 is 7.42. The molecule has 8 nitrogen and oxygen atoms in total. The van der Waals surface area contributed by atoms with Gasteiger partial charge in [0.15, 0.2) is 11.6 Å². The van der Waals surface area contributed by atoms with Crippen LogP contribution in [-0.2, 0) is 28.4 Å². The van der Waals surface area contributed by atoms with Gasteiger partial charge in [-0.25, -0.2) is 4.79 Å². The first-order valence-electron chi connectivity index (χ1n) is 9.68. The van der Waals surface area contributed by atoms with Crippen LogP contribution in [-0.4, -0.2) is 38.1 Å². The zero-order valence-electron chi connectivity index (χ0n) is 16.9. The van der Waals surface area contributed by atoms with Gasteiger partial charge in [0.05, 0.1) is 11.8 Å².